The molecule has 0 saturated heterocycles. The number of methoxy groups -OCH3 is 1. The van der Waals surface area contributed by atoms with Crippen LogP contribution in [0.3, 0.4) is 0 Å². The number of hydrogen-bond acceptors (Lipinski definition) is 5. The van der Waals surface area contributed by atoms with Gasteiger partial charge in [-0.3, -0.25) is 0 Å². The van der Waals surface area contributed by atoms with Crippen LogP contribution >= 0.6 is 0 Å². The van der Waals surface area contributed by atoms with Crippen LogP contribution in [0.25, 0.3) is 22.0 Å². The molecule has 202 valence electrons. The van der Waals surface area contributed by atoms with Crippen molar-refractivity contribution in [3.8, 4) is 5.75 Å². The van der Waals surface area contributed by atoms with E-state index in [1.165, 1.54) is 0 Å². The molecule has 1 aromatic heterocycles. The third-order valence-corrected chi connectivity index (χ3v) is 7.25. The summed E-state index contributed by atoms with van der Waals surface area (Å²) in [6, 6.07) is 20.6. The highest BCUT2D eigenvalue weighted by Gasteiger charge is 2.60. The number of esters is 2. The molecule has 4 aromatic rings. The highest BCUT2D eigenvalue weighted by Crippen LogP contribution is 2.49. The Morgan fingerprint density at radius 3 is 2.08 bits per heavy atom. The summed E-state index contributed by atoms with van der Waals surface area (Å²) in [4.78, 5) is 26.6. The molecular formula is C30H25BF2N2O5. The van der Waals surface area contributed by atoms with Crippen molar-refractivity contribution < 1.29 is 36.9 Å². The van der Waals surface area contributed by atoms with Crippen molar-refractivity contribution in [3.05, 3.63) is 101 Å². The van der Waals surface area contributed by atoms with Gasteiger partial charge >= 0.3 is 18.9 Å². The summed E-state index contributed by atoms with van der Waals surface area (Å²) in [5, 5.41) is 0.795. The van der Waals surface area contributed by atoms with E-state index in [9.17, 15) is 9.59 Å². The van der Waals surface area contributed by atoms with Gasteiger partial charge in [-0.2, -0.15) is 0 Å². The Morgan fingerprint density at radius 2 is 1.43 bits per heavy atom. The average Bonchev–Trinajstić information content (AvgIpc) is 3.50. The van der Waals surface area contributed by atoms with Crippen LogP contribution in [0.5, 0.6) is 5.75 Å². The summed E-state index contributed by atoms with van der Waals surface area (Å²) < 4.78 is 51.7. The number of carbonyl (C=O) groups excluding carboxylic acids is 2. The van der Waals surface area contributed by atoms with Crippen molar-refractivity contribution in [2.24, 2.45) is 0 Å². The molecule has 3 aromatic carbocycles. The van der Waals surface area contributed by atoms with E-state index in [1.54, 1.807) is 93.8 Å². The van der Waals surface area contributed by atoms with Gasteiger partial charge in [0.1, 0.15) is 11.4 Å². The Bertz CT molecular complexity index is 1770. The van der Waals surface area contributed by atoms with Gasteiger partial charge in [-0.15, -0.1) is 0 Å². The molecule has 2 aliphatic rings. The summed E-state index contributed by atoms with van der Waals surface area (Å²) in [5.41, 5.74) is 1.62. The first-order valence-corrected chi connectivity index (χ1v) is 13.0. The molecule has 0 spiro atoms. The van der Waals surface area contributed by atoms with Crippen LogP contribution in [-0.2, 0) is 14.3 Å². The van der Waals surface area contributed by atoms with Gasteiger partial charge in [-0.1, -0.05) is 48.5 Å². The van der Waals surface area contributed by atoms with Crippen molar-refractivity contribution in [2.75, 3.05) is 20.3 Å². The molecule has 0 aliphatic carbocycles. The van der Waals surface area contributed by atoms with Gasteiger partial charge in [-0.05, 0) is 43.7 Å². The Morgan fingerprint density at radius 1 is 0.825 bits per heavy atom. The summed E-state index contributed by atoms with van der Waals surface area (Å²) >= 11 is 0. The molecule has 2 aliphatic heterocycles. The van der Waals surface area contributed by atoms with Crippen molar-refractivity contribution >= 4 is 46.7 Å². The molecule has 0 saturated carbocycles. The number of fused-ring (bicyclic) bond motifs is 6. The normalized spacial score (nSPS) is 15.0. The van der Waals surface area contributed by atoms with Crippen LogP contribution in [0.2, 0.25) is 0 Å². The Kier molecular flexibility index (Phi) is 6.05. The molecule has 0 atom stereocenters. The lowest BCUT2D eigenvalue weighted by atomic mass is 9.84. The van der Waals surface area contributed by atoms with Crippen molar-refractivity contribution in [1.29, 1.82) is 0 Å². The smallest absolute Gasteiger partial charge is 0.497 e. The number of hydrogen-bond donors (Lipinski definition) is 0. The van der Waals surface area contributed by atoms with Gasteiger partial charge in [0.15, 0.2) is 5.70 Å². The van der Waals surface area contributed by atoms with Crippen LogP contribution in [0.1, 0.15) is 46.7 Å². The zero-order valence-corrected chi connectivity index (χ0v) is 22.1. The number of aromatic nitrogens is 1. The lowest BCUT2D eigenvalue weighted by Crippen LogP contribution is -2.52. The first-order valence-electron chi connectivity index (χ1n) is 13.0. The summed E-state index contributed by atoms with van der Waals surface area (Å²) in [7, 11) is 1.54. The molecule has 0 fully saturated rings. The van der Waals surface area contributed by atoms with Crippen LogP contribution in [0, 0.1) is 0 Å². The van der Waals surface area contributed by atoms with E-state index in [4.69, 9.17) is 14.2 Å². The quantitative estimate of drug-likeness (QED) is 0.243. The van der Waals surface area contributed by atoms with Crippen LogP contribution in [0.4, 0.5) is 8.63 Å². The molecule has 0 amide bonds. The molecule has 0 N–H and O–H groups in total. The molecule has 40 heavy (non-hydrogen) atoms. The summed E-state index contributed by atoms with van der Waals surface area (Å²) in [6.07, 6.45) is 0. The highest BCUT2D eigenvalue weighted by molar-refractivity contribution is 6.63. The lowest BCUT2D eigenvalue weighted by molar-refractivity contribution is -0.319. The second-order valence-corrected chi connectivity index (χ2v) is 9.36. The van der Waals surface area contributed by atoms with Gasteiger partial charge in [-0.25, -0.2) is 9.59 Å². The number of halogens is 2. The highest BCUT2D eigenvalue weighted by atomic mass is 19.2. The van der Waals surface area contributed by atoms with E-state index in [-0.39, 0.29) is 36.0 Å². The second-order valence-electron chi connectivity index (χ2n) is 9.36. The van der Waals surface area contributed by atoms with E-state index < -0.39 is 18.9 Å². The predicted octanol–water partition coefficient (Wildman–Crippen LogP) is 5.36. The summed E-state index contributed by atoms with van der Waals surface area (Å²) in [6.45, 7) is -1.53. The van der Waals surface area contributed by atoms with Gasteiger partial charge < -0.3 is 31.8 Å². The number of carbonyl (C=O) groups is 2. The van der Waals surface area contributed by atoms with E-state index in [0.717, 1.165) is 8.96 Å². The molecule has 0 radical (unpaired) electrons. The topological polar surface area (TPSA) is 69.8 Å². The van der Waals surface area contributed by atoms with Gasteiger partial charge in [0.2, 0.25) is 0 Å². The zero-order valence-electron chi connectivity index (χ0n) is 22.1. The molecule has 7 nitrogen and oxygen atoms in total. The third-order valence-electron chi connectivity index (χ3n) is 7.25. The monoisotopic (exact) mass is 542 g/mol. The molecule has 3 heterocycles. The number of rotatable bonds is 6. The fraction of sp³-hybridized carbons (Fsp3) is 0.167. The second kappa shape index (κ2) is 9.48. The number of ether oxygens (including phenoxy) is 3. The first kappa shape index (κ1) is 25.5. The zero-order chi connectivity index (χ0) is 28.2. The standard InChI is InChI=1S/C30H25BF2N2O5/c1-4-39-29(36)27-22-12-8-6-10-20(22)25-24(18-14-16-19(38-3)17-15-18)26-21-11-7-9-13-23(21)28(30(37)40-5-2)35(26)31(32,33)34(25)27/h6-17H,4-5H2,1-3H3. The average molecular weight is 542 g/mol. The molecule has 0 bridgehead atoms. The number of nitrogens with zero attached hydrogens (tertiary/aromatic N) is 2. The fourth-order valence-electron chi connectivity index (χ4n) is 5.74. The van der Waals surface area contributed by atoms with E-state index >= 15 is 8.63 Å². The fourth-order valence-corrected chi connectivity index (χ4v) is 5.74. The SMILES string of the molecule is CCOC(=O)C1=[N+]2C(=C(c3ccc(OC)cc3)c3c4ccccc4c(C(=O)OCC)n3[B-]2(F)F)c2ccccc21. The lowest BCUT2D eigenvalue weighted by Gasteiger charge is -2.33. The van der Waals surface area contributed by atoms with Crippen molar-refractivity contribution in [2.45, 2.75) is 13.8 Å². The molecular weight excluding hydrogens is 517 g/mol. The predicted molar refractivity (Wildman–Crippen MR) is 148 cm³/mol. The maximum Gasteiger partial charge on any atom is 0.738 e. The van der Waals surface area contributed by atoms with Gasteiger partial charge in [0.25, 0.3) is 5.71 Å². The van der Waals surface area contributed by atoms with Gasteiger partial charge in [0.05, 0.1) is 37.0 Å². The Hall–Kier alpha value is -4.73. The van der Waals surface area contributed by atoms with Crippen molar-refractivity contribution in [1.82, 2.24) is 4.48 Å². The maximum absolute atomic E-state index is 17.1. The van der Waals surface area contributed by atoms with E-state index in [0.29, 0.717) is 38.8 Å². The Balaban J connectivity index is 1.84. The molecule has 6 rings (SSSR count). The van der Waals surface area contributed by atoms with Crippen molar-refractivity contribution in [3.63, 3.8) is 0 Å². The Labute approximate surface area is 228 Å². The van der Waals surface area contributed by atoms with Crippen LogP contribution < -0.4 is 4.74 Å². The maximum atomic E-state index is 17.1. The summed E-state index contributed by atoms with van der Waals surface area (Å²) in [5.74, 6) is -1.16. The minimum absolute atomic E-state index is 0.00796. The number of benzene rings is 3. The van der Waals surface area contributed by atoms with E-state index in [2.05, 4.69) is 0 Å². The van der Waals surface area contributed by atoms with Crippen LogP contribution in [-0.4, -0.2) is 53.9 Å². The van der Waals surface area contributed by atoms with Crippen LogP contribution in [0.15, 0.2) is 72.8 Å². The third kappa shape index (κ3) is 3.52. The van der Waals surface area contributed by atoms with Gasteiger partial charge in [0, 0.05) is 16.5 Å². The molecule has 10 heteroatoms. The largest absolute Gasteiger partial charge is 0.738 e. The van der Waals surface area contributed by atoms with E-state index in [1.807, 2.05) is 0 Å². The minimum atomic E-state index is -4.78. The molecule has 0 unspecified atom stereocenters. The first-order chi connectivity index (χ1) is 19.3. The minimum Gasteiger partial charge on any atom is -0.497 e.